The van der Waals surface area contributed by atoms with Crippen LogP contribution in [0.3, 0.4) is 0 Å². The molecule has 0 spiro atoms. The SMILES string of the molecule is CCC(CC)C(O)c1cccc(C2CC2)c1. The van der Waals surface area contributed by atoms with Crippen molar-refractivity contribution in [2.45, 2.75) is 51.6 Å². The van der Waals surface area contributed by atoms with Crippen LogP contribution in [0, 0.1) is 5.92 Å². The fourth-order valence-corrected chi connectivity index (χ4v) is 2.42. The molecular weight excluding hydrogens is 196 g/mol. The second kappa shape index (κ2) is 5.01. The number of benzene rings is 1. The Labute approximate surface area is 98.5 Å². The predicted octanol–water partition coefficient (Wildman–Crippen LogP) is 4.03. The Balaban J connectivity index is 2.15. The minimum absolute atomic E-state index is 0.284. The summed E-state index contributed by atoms with van der Waals surface area (Å²) in [6.07, 6.45) is 4.46. The van der Waals surface area contributed by atoms with Gasteiger partial charge in [0.05, 0.1) is 6.10 Å². The lowest BCUT2D eigenvalue weighted by atomic mass is 9.90. The highest BCUT2D eigenvalue weighted by atomic mass is 16.3. The lowest BCUT2D eigenvalue weighted by Crippen LogP contribution is -2.11. The highest BCUT2D eigenvalue weighted by Gasteiger charge is 2.25. The molecular formula is C15H22O. The Morgan fingerprint density at radius 3 is 2.50 bits per heavy atom. The number of hydrogen-bond acceptors (Lipinski definition) is 1. The molecule has 0 heterocycles. The van der Waals surface area contributed by atoms with Crippen molar-refractivity contribution in [1.82, 2.24) is 0 Å². The Hall–Kier alpha value is -0.820. The van der Waals surface area contributed by atoms with Gasteiger partial charge in [-0.3, -0.25) is 0 Å². The van der Waals surface area contributed by atoms with E-state index in [4.69, 9.17) is 0 Å². The van der Waals surface area contributed by atoms with Gasteiger partial charge < -0.3 is 5.11 Å². The van der Waals surface area contributed by atoms with E-state index >= 15 is 0 Å². The zero-order valence-electron chi connectivity index (χ0n) is 10.3. The van der Waals surface area contributed by atoms with Crippen LogP contribution in [0.4, 0.5) is 0 Å². The second-order valence-corrected chi connectivity index (χ2v) is 4.97. The van der Waals surface area contributed by atoms with Crippen molar-refractivity contribution >= 4 is 0 Å². The van der Waals surface area contributed by atoms with Gasteiger partial charge in [-0.25, -0.2) is 0 Å². The van der Waals surface area contributed by atoms with Crippen molar-refractivity contribution in [3.05, 3.63) is 35.4 Å². The summed E-state index contributed by atoms with van der Waals surface area (Å²) < 4.78 is 0. The first kappa shape index (κ1) is 11.7. The lowest BCUT2D eigenvalue weighted by molar-refractivity contribution is 0.103. The molecule has 1 aromatic carbocycles. The largest absolute Gasteiger partial charge is 0.388 e. The van der Waals surface area contributed by atoms with Crippen molar-refractivity contribution < 1.29 is 5.11 Å². The average molecular weight is 218 g/mol. The van der Waals surface area contributed by atoms with Crippen LogP contribution >= 0.6 is 0 Å². The van der Waals surface area contributed by atoms with Gasteiger partial charge in [-0.15, -0.1) is 0 Å². The monoisotopic (exact) mass is 218 g/mol. The number of aliphatic hydroxyl groups is 1. The molecule has 0 radical (unpaired) electrons. The van der Waals surface area contributed by atoms with Crippen molar-refractivity contribution in [2.75, 3.05) is 0 Å². The minimum atomic E-state index is -0.284. The lowest BCUT2D eigenvalue weighted by Gasteiger charge is -2.20. The molecule has 88 valence electrons. The Morgan fingerprint density at radius 2 is 1.94 bits per heavy atom. The Kier molecular flexibility index (Phi) is 3.65. The summed E-state index contributed by atoms with van der Waals surface area (Å²) in [5, 5.41) is 10.3. The summed E-state index contributed by atoms with van der Waals surface area (Å²) in [7, 11) is 0. The molecule has 1 nitrogen and oxygen atoms in total. The van der Waals surface area contributed by atoms with Gasteiger partial charge in [-0.05, 0) is 35.8 Å². The van der Waals surface area contributed by atoms with Crippen LogP contribution in [0.25, 0.3) is 0 Å². The number of rotatable bonds is 5. The maximum atomic E-state index is 10.3. The molecule has 0 aliphatic heterocycles. The summed E-state index contributed by atoms with van der Waals surface area (Å²) in [4.78, 5) is 0. The summed E-state index contributed by atoms with van der Waals surface area (Å²) >= 11 is 0. The molecule has 1 aliphatic rings. The normalized spacial score (nSPS) is 17.8. The summed E-state index contributed by atoms with van der Waals surface area (Å²) in [6.45, 7) is 4.31. The first-order valence-corrected chi connectivity index (χ1v) is 6.54. The van der Waals surface area contributed by atoms with E-state index in [2.05, 4.69) is 38.1 Å². The molecule has 1 aromatic rings. The van der Waals surface area contributed by atoms with Crippen LogP contribution in [0.5, 0.6) is 0 Å². The molecule has 1 N–H and O–H groups in total. The molecule has 0 amide bonds. The smallest absolute Gasteiger partial charge is 0.0818 e. The van der Waals surface area contributed by atoms with Gasteiger partial charge in [0.1, 0.15) is 0 Å². The van der Waals surface area contributed by atoms with Crippen LogP contribution in [0.1, 0.15) is 62.7 Å². The van der Waals surface area contributed by atoms with Crippen LogP contribution in [-0.4, -0.2) is 5.11 Å². The van der Waals surface area contributed by atoms with Crippen LogP contribution in [0.15, 0.2) is 24.3 Å². The van der Waals surface area contributed by atoms with Crippen molar-refractivity contribution in [3.63, 3.8) is 0 Å². The maximum Gasteiger partial charge on any atom is 0.0818 e. The highest BCUT2D eigenvalue weighted by Crippen LogP contribution is 2.41. The molecule has 1 aliphatic carbocycles. The number of hydrogen-bond donors (Lipinski definition) is 1. The van der Waals surface area contributed by atoms with E-state index in [1.165, 1.54) is 18.4 Å². The maximum absolute atomic E-state index is 10.3. The van der Waals surface area contributed by atoms with Crippen LogP contribution in [-0.2, 0) is 0 Å². The third-order valence-corrected chi connectivity index (χ3v) is 3.80. The van der Waals surface area contributed by atoms with Gasteiger partial charge in [0.15, 0.2) is 0 Å². The van der Waals surface area contributed by atoms with E-state index in [9.17, 15) is 5.11 Å². The molecule has 1 saturated carbocycles. The van der Waals surface area contributed by atoms with Crippen molar-refractivity contribution in [2.24, 2.45) is 5.92 Å². The van der Waals surface area contributed by atoms with Crippen molar-refractivity contribution in [1.29, 1.82) is 0 Å². The zero-order valence-corrected chi connectivity index (χ0v) is 10.3. The van der Waals surface area contributed by atoms with Crippen molar-refractivity contribution in [3.8, 4) is 0 Å². The predicted molar refractivity (Wildman–Crippen MR) is 67.4 cm³/mol. The first-order chi connectivity index (χ1) is 7.76. The number of aliphatic hydroxyl groups excluding tert-OH is 1. The third-order valence-electron chi connectivity index (χ3n) is 3.80. The van der Waals surface area contributed by atoms with Gasteiger partial charge in [0.2, 0.25) is 0 Å². The topological polar surface area (TPSA) is 20.2 Å². The molecule has 1 atom stereocenters. The summed E-state index contributed by atoms with van der Waals surface area (Å²) in [6, 6.07) is 8.56. The van der Waals surface area contributed by atoms with E-state index in [0.717, 1.165) is 24.3 Å². The Bertz CT molecular complexity index is 337. The molecule has 16 heavy (non-hydrogen) atoms. The summed E-state index contributed by atoms with van der Waals surface area (Å²) in [5.41, 5.74) is 2.53. The Morgan fingerprint density at radius 1 is 1.25 bits per heavy atom. The fourth-order valence-electron chi connectivity index (χ4n) is 2.42. The zero-order chi connectivity index (χ0) is 11.5. The second-order valence-electron chi connectivity index (χ2n) is 4.97. The van der Waals surface area contributed by atoms with Crippen LogP contribution in [0.2, 0.25) is 0 Å². The molecule has 1 unspecified atom stereocenters. The van der Waals surface area contributed by atoms with E-state index in [0.29, 0.717) is 5.92 Å². The third kappa shape index (κ3) is 2.46. The molecule has 0 saturated heterocycles. The van der Waals surface area contributed by atoms with Gasteiger partial charge >= 0.3 is 0 Å². The highest BCUT2D eigenvalue weighted by molar-refractivity contribution is 5.30. The van der Waals surface area contributed by atoms with E-state index < -0.39 is 0 Å². The van der Waals surface area contributed by atoms with Gasteiger partial charge in [-0.2, -0.15) is 0 Å². The fraction of sp³-hybridized carbons (Fsp3) is 0.600. The summed E-state index contributed by atoms with van der Waals surface area (Å²) in [5.74, 6) is 1.17. The standard InChI is InChI=1S/C15H22O/c1-3-11(4-2)15(16)14-7-5-6-13(10-14)12-8-9-12/h5-7,10-12,15-16H,3-4,8-9H2,1-2H3. The average Bonchev–Trinajstić information content (AvgIpc) is 3.14. The first-order valence-electron chi connectivity index (χ1n) is 6.54. The van der Waals surface area contributed by atoms with Crippen LogP contribution < -0.4 is 0 Å². The van der Waals surface area contributed by atoms with Gasteiger partial charge in [0, 0.05) is 0 Å². The van der Waals surface area contributed by atoms with E-state index in [1.807, 2.05) is 0 Å². The molecule has 1 heteroatoms. The van der Waals surface area contributed by atoms with Gasteiger partial charge in [-0.1, -0.05) is 51.0 Å². The quantitative estimate of drug-likeness (QED) is 0.791. The van der Waals surface area contributed by atoms with E-state index in [-0.39, 0.29) is 6.10 Å². The molecule has 0 bridgehead atoms. The minimum Gasteiger partial charge on any atom is -0.388 e. The van der Waals surface area contributed by atoms with Gasteiger partial charge in [0.25, 0.3) is 0 Å². The van der Waals surface area contributed by atoms with E-state index in [1.54, 1.807) is 0 Å². The molecule has 0 aromatic heterocycles. The molecule has 2 rings (SSSR count). The molecule has 1 fully saturated rings.